The summed E-state index contributed by atoms with van der Waals surface area (Å²) in [5.74, 6) is 0. The molecule has 0 saturated carbocycles. The second kappa shape index (κ2) is 15.1. The molecule has 0 spiro atoms. The van der Waals surface area contributed by atoms with Crippen LogP contribution in [0.25, 0.3) is 140 Å². The van der Waals surface area contributed by atoms with E-state index in [0.29, 0.717) is 0 Å². The molecule has 0 aliphatic rings. The molecule has 0 amide bonds. The Hall–Kier alpha value is -8.36. The molecule has 0 unspecified atom stereocenters. The lowest BCUT2D eigenvalue weighted by molar-refractivity contribution is 1.63. The third kappa shape index (κ3) is 5.85. The van der Waals surface area contributed by atoms with Crippen molar-refractivity contribution < 1.29 is 0 Å². The lowest BCUT2D eigenvalue weighted by atomic mass is 9.84. The first-order valence-corrected chi connectivity index (χ1v) is 24.0. The fourth-order valence-corrected chi connectivity index (χ4v) is 12.5. The lowest BCUT2D eigenvalue weighted by Crippen LogP contribution is -1.92. The zero-order chi connectivity index (χ0) is 44.0. The number of hydrogen-bond donors (Lipinski definition) is 0. The van der Waals surface area contributed by atoms with Crippen LogP contribution in [0.2, 0.25) is 0 Å². The molecule has 0 N–H and O–H groups in total. The Labute approximate surface area is 392 Å². The number of thiophene rings is 1. The zero-order valence-electron chi connectivity index (χ0n) is 36.5. The molecule has 13 aromatic carbocycles. The summed E-state index contributed by atoms with van der Waals surface area (Å²) >= 11 is 1.89. The molecule has 1 heteroatoms. The largest absolute Gasteiger partial charge is 0.135 e. The van der Waals surface area contributed by atoms with E-state index in [1.807, 2.05) is 11.3 Å². The maximum atomic E-state index is 2.49. The first kappa shape index (κ1) is 38.0. The van der Waals surface area contributed by atoms with Crippen molar-refractivity contribution in [3.05, 3.63) is 243 Å². The Balaban J connectivity index is 0.986. The predicted molar refractivity (Wildman–Crippen MR) is 292 cm³/mol. The van der Waals surface area contributed by atoms with Crippen LogP contribution in [0.5, 0.6) is 0 Å². The number of rotatable bonds is 5. The van der Waals surface area contributed by atoms with Gasteiger partial charge in [0, 0.05) is 20.2 Å². The monoisotopic (exact) mass is 864 g/mol. The molecule has 1 aromatic heterocycles. The van der Waals surface area contributed by atoms with Crippen molar-refractivity contribution in [2.75, 3.05) is 0 Å². The Morgan fingerprint density at radius 1 is 0.209 bits per heavy atom. The Morgan fingerprint density at radius 3 is 1.13 bits per heavy atom. The molecule has 0 aliphatic carbocycles. The van der Waals surface area contributed by atoms with E-state index in [0.717, 1.165) is 0 Å². The standard InChI is InChI=1S/C66H40S/c1-3-20-46-41(16-1)18-13-30-47(46)43-34-36-44(37-35-43)62-50-22-5-11-28-56(50)65(57-29-12-6-23-51(57)62)58-32-15-33-61-66(58)59-40-45(38-39-60(59)67-61)63-52-24-7-9-26-54(52)64(55-27-10-8-25-53(55)63)49-31-14-19-42-17-2-4-21-48(42)49/h1-40H. The fourth-order valence-electron chi connectivity index (χ4n) is 11.4. The molecular weight excluding hydrogens is 825 g/mol. The van der Waals surface area contributed by atoms with Gasteiger partial charge in [0.25, 0.3) is 0 Å². The molecular formula is C66H40S. The van der Waals surface area contributed by atoms with Crippen LogP contribution in [0.1, 0.15) is 0 Å². The van der Waals surface area contributed by atoms with Crippen LogP contribution in [-0.2, 0) is 0 Å². The highest BCUT2D eigenvalue weighted by molar-refractivity contribution is 7.26. The second-order valence-corrected chi connectivity index (χ2v) is 18.9. The Morgan fingerprint density at radius 2 is 0.582 bits per heavy atom. The smallest absolute Gasteiger partial charge is 0.0361 e. The number of hydrogen-bond acceptors (Lipinski definition) is 1. The third-order valence-corrected chi connectivity index (χ3v) is 15.4. The van der Waals surface area contributed by atoms with Gasteiger partial charge in [-0.15, -0.1) is 11.3 Å². The molecule has 67 heavy (non-hydrogen) atoms. The third-order valence-electron chi connectivity index (χ3n) is 14.2. The SMILES string of the molecule is c1ccc2c(-c3ccc(-c4c5ccccc5c(-c5cccc6sc7ccc(-c8c9ccccc9c(-c9cccc%10ccccc9%10)c9ccccc89)cc7c56)c5ccccc45)cc3)cccc2c1. The van der Waals surface area contributed by atoms with Gasteiger partial charge in [-0.25, -0.2) is 0 Å². The highest BCUT2D eigenvalue weighted by Crippen LogP contribution is 2.50. The van der Waals surface area contributed by atoms with E-state index in [9.17, 15) is 0 Å². The van der Waals surface area contributed by atoms with Gasteiger partial charge in [-0.3, -0.25) is 0 Å². The van der Waals surface area contributed by atoms with Crippen LogP contribution in [-0.4, -0.2) is 0 Å². The highest BCUT2D eigenvalue weighted by Gasteiger charge is 2.22. The van der Waals surface area contributed by atoms with E-state index in [2.05, 4.69) is 243 Å². The molecule has 14 aromatic rings. The van der Waals surface area contributed by atoms with Crippen molar-refractivity contribution in [1.82, 2.24) is 0 Å². The molecule has 0 saturated heterocycles. The average Bonchev–Trinajstić information content (AvgIpc) is 3.78. The van der Waals surface area contributed by atoms with Gasteiger partial charge in [0.2, 0.25) is 0 Å². The normalized spacial score (nSPS) is 11.9. The lowest BCUT2D eigenvalue weighted by Gasteiger charge is -2.19. The molecule has 310 valence electrons. The first-order valence-electron chi connectivity index (χ1n) is 23.2. The molecule has 1 heterocycles. The maximum absolute atomic E-state index is 2.49. The predicted octanol–water partition coefficient (Wildman–Crippen LogP) is 19.3. The maximum Gasteiger partial charge on any atom is 0.0361 e. The van der Waals surface area contributed by atoms with Crippen molar-refractivity contribution in [1.29, 1.82) is 0 Å². The average molecular weight is 865 g/mol. The summed E-state index contributed by atoms with van der Waals surface area (Å²) in [4.78, 5) is 0. The van der Waals surface area contributed by atoms with Crippen LogP contribution in [0.15, 0.2) is 243 Å². The molecule has 14 rings (SSSR count). The van der Waals surface area contributed by atoms with Gasteiger partial charge < -0.3 is 0 Å². The number of benzene rings is 13. The van der Waals surface area contributed by atoms with E-state index >= 15 is 0 Å². The molecule has 0 nitrogen and oxygen atoms in total. The highest BCUT2D eigenvalue weighted by atomic mass is 32.1. The van der Waals surface area contributed by atoms with E-state index < -0.39 is 0 Å². The quantitative estimate of drug-likeness (QED) is 0.151. The summed E-state index contributed by atoms with van der Waals surface area (Å²) in [6.45, 7) is 0. The number of fused-ring (bicyclic) bond motifs is 9. The Kier molecular flexibility index (Phi) is 8.56. The fraction of sp³-hybridized carbons (Fsp3) is 0. The van der Waals surface area contributed by atoms with Gasteiger partial charge in [-0.2, -0.15) is 0 Å². The molecule has 0 radical (unpaired) electrons. The summed E-state index contributed by atoms with van der Waals surface area (Å²) in [5.41, 5.74) is 12.6. The van der Waals surface area contributed by atoms with Gasteiger partial charge >= 0.3 is 0 Å². The minimum absolute atomic E-state index is 1.22. The van der Waals surface area contributed by atoms with Crippen molar-refractivity contribution in [2.24, 2.45) is 0 Å². The van der Waals surface area contributed by atoms with Crippen molar-refractivity contribution in [3.8, 4) is 55.6 Å². The summed E-state index contributed by atoms with van der Waals surface area (Å²) in [7, 11) is 0. The zero-order valence-corrected chi connectivity index (χ0v) is 37.3. The minimum atomic E-state index is 1.22. The van der Waals surface area contributed by atoms with Gasteiger partial charge in [0.1, 0.15) is 0 Å². The van der Waals surface area contributed by atoms with Crippen molar-refractivity contribution in [3.63, 3.8) is 0 Å². The first-order chi connectivity index (χ1) is 33.3. The van der Waals surface area contributed by atoms with Crippen molar-refractivity contribution >= 4 is 96.1 Å². The molecule has 0 bridgehead atoms. The summed E-state index contributed by atoms with van der Waals surface area (Å²) < 4.78 is 2.59. The van der Waals surface area contributed by atoms with E-state index in [1.165, 1.54) is 140 Å². The second-order valence-electron chi connectivity index (χ2n) is 17.8. The van der Waals surface area contributed by atoms with Crippen LogP contribution in [0.3, 0.4) is 0 Å². The summed E-state index contributed by atoms with van der Waals surface area (Å²) in [6.07, 6.45) is 0. The van der Waals surface area contributed by atoms with Gasteiger partial charge in [0.05, 0.1) is 0 Å². The van der Waals surface area contributed by atoms with Gasteiger partial charge in [-0.05, 0) is 138 Å². The van der Waals surface area contributed by atoms with Gasteiger partial charge in [0.15, 0.2) is 0 Å². The summed E-state index contributed by atoms with van der Waals surface area (Å²) in [6, 6.07) is 90.3. The topological polar surface area (TPSA) is 0 Å². The minimum Gasteiger partial charge on any atom is -0.135 e. The van der Waals surface area contributed by atoms with Crippen LogP contribution >= 0.6 is 11.3 Å². The van der Waals surface area contributed by atoms with E-state index in [1.54, 1.807) is 0 Å². The molecule has 0 fully saturated rings. The summed E-state index contributed by atoms with van der Waals surface area (Å²) in [5, 5.41) is 17.8. The van der Waals surface area contributed by atoms with Crippen LogP contribution in [0.4, 0.5) is 0 Å². The van der Waals surface area contributed by atoms with E-state index in [4.69, 9.17) is 0 Å². The van der Waals surface area contributed by atoms with E-state index in [-0.39, 0.29) is 0 Å². The Bertz CT molecular complexity index is 4200. The molecule has 0 atom stereocenters. The van der Waals surface area contributed by atoms with Crippen molar-refractivity contribution in [2.45, 2.75) is 0 Å². The van der Waals surface area contributed by atoms with Crippen LogP contribution < -0.4 is 0 Å². The van der Waals surface area contributed by atoms with Gasteiger partial charge in [-0.1, -0.05) is 224 Å². The van der Waals surface area contributed by atoms with Crippen LogP contribution in [0, 0.1) is 0 Å². The molecule has 0 aliphatic heterocycles.